The van der Waals surface area contributed by atoms with Crippen LogP contribution >= 0.6 is 12.4 Å². The van der Waals surface area contributed by atoms with E-state index in [1.165, 1.54) is 0 Å². The molecular formula is C14H21ClN2O2. The van der Waals surface area contributed by atoms with Crippen molar-refractivity contribution in [1.82, 2.24) is 5.32 Å². The number of amides is 1. The number of nitrogens with one attached hydrogen (secondary N) is 2. The molecule has 1 aromatic carbocycles. The Kier molecular flexibility index (Phi) is 6.12. The van der Waals surface area contributed by atoms with E-state index in [-0.39, 0.29) is 23.9 Å². The molecule has 1 fully saturated rings. The molecule has 0 aliphatic carbocycles. The van der Waals surface area contributed by atoms with Crippen LogP contribution < -0.4 is 10.6 Å². The van der Waals surface area contributed by atoms with Crippen LogP contribution in [0.25, 0.3) is 0 Å². The Morgan fingerprint density at radius 2 is 2.11 bits per heavy atom. The lowest BCUT2D eigenvalue weighted by atomic mass is 10.0. The maximum Gasteiger partial charge on any atom is 0.239 e. The summed E-state index contributed by atoms with van der Waals surface area (Å²) in [6.07, 6.45) is 2.09. The SMILES string of the molecule is CC1(CNC(=O)CNc2ccccc2)CCCO1.Cl. The van der Waals surface area contributed by atoms with Crippen LogP contribution in [0.2, 0.25) is 0 Å². The largest absolute Gasteiger partial charge is 0.376 e. The molecule has 106 valence electrons. The van der Waals surface area contributed by atoms with E-state index in [1.807, 2.05) is 37.3 Å². The fourth-order valence-electron chi connectivity index (χ4n) is 2.06. The quantitative estimate of drug-likeness (QED) is 0.872. The molecule has 5 heteroatoms. The zero-order valence-electron chi connectivity index (χ0n) is 11.1. The first-order valence-electron chi connectivity index (χ1n) is 6.38. The third-order valence-electron chi connectivity index (χ3n) is 3.19. The van der Waals surface area contributed by atoms with Crippen LogP contribution in [0.3, 0.4) is 0 Å². The van der Waals surface area contributed by atoms with Gasteiger partial charge in [-0.15, -0.1) is 12.4 Å². The third kappa shape index (κ3) is 5.09. The maximum atomic E-state index is 11.7. The standard InChI is InChI=1S/C14H20N2O2.ClH/c1-14(8-5-9-18-14)11-16-13(17)10-15-12-6-3-2-4-7-12;/h2-4,6-7,15H,5,8-11H2,1H3,(H,16,17);1H. The summed E-state index contributed by atoms with van der Waals surface area (Å²) in [6.45, 7) is 3.72. The van der Waals surface area contributed by atoms with Gasteiger partial charge in [-0.3, -0.25) is 4.79 Å². The molecule has 2 rings (SSSR count). The van der Waals surface area contributed by atoms with Gasteiger partial charge in [0.2, 0.25) is 5.91 Å². The first kappa shape index (κ1) is 15.8. The molecule has 0 bridgehead atoms. The second kappa shape index (κ2) is 7.36. The predicted molar refractivity (Wildman–Crippen MR) is 78.8 cm³/mol. The fraction of sp³-hybridized carbons (Fsp3) is 0.500. The molecule has 1 unspecified atom stereocenters. The Hall–Kier alpha value is -1.26. The van der Waals surface area contributed by atoms with Crippen molar-refractivity contribution < 1.29 is 9.53 Å². The zero-order chi connectivity index (χ0) is 12.8. The number of anilines is 1. The van der Waals surface area contributed by atoms with E-state index in [4.69, 9.17) is 4.74 Å². The molecular weight excluding hydrogens is 264 g/mol. The average Bonchev–Trinajstić information content (AvgIpc) is 2.83. The van der Waals surface area contributed by atoms with Crippen molar-refractivity contribution in [2.75, 3.05) is 25.0 Å². The van der Waals surface area contributed by atoms with Gasteiger partial charge in [0.15, 0.2) is 0 Å². The highest BCUT2D eigenvalue weighted by molar-refractivity contribution is 5.85. The van der Waals surface area contributed by atoms with Crippen molar-refractivity contribution >= 4 is 24.0 Å². The molecule has 1 heterocycles. The van der Waals surface area contributed by atoms with E-state index in [1.54, 1.807) is 0 Å². The highest BCUT2D eigenvalue weighted by atomic mass is 35.5. The van der Waals surface area contributed by atoms with Gasteiger partial charge < -0.3 is 15.4 Å². The molecule has 19 heavy (non-hydrogen) atoms. The third-order valence-corrected chi connectivity index (χ3v) is 3.19. The van der Waals surface area contributed by atoms with E-state index in [9.17, 15) is 4.79 Å². The first-order valence-corrected chi connectivity index (χ1v) is 6.38. The number of hydrogen-bond acceptors (Lipinski definition) is 3. The minimum Gasteiger partial charge on any atom is -0.376 e. The molecule has 2 N–H and O–H groups in total. The summed E-state index contributed by atoms with van der Waals surface area (Å²) in [5.41, 5.74) is 0.776. The summed E-state index contributed by atoms with van der Waals surface area (Å²) >= 11 is 0. The van der Waals surface area contributed by atoms with Gasteiger partial charge in [0.25, 0.3) is 0 Å². The lowest BCUT2D eigenvalue weighted by Crippen LogP contribution is -2.42. The number of carbonyl (C=O) groups is 1. The van der Waals surface area contributed by atoms with Gasteiger partial charge in [0, 0.05) is 18.8 Å². The topological polar surface area (TPSA) is 50.4 Å². The van der Waals surface area contributed by atoms with Crippen LogP contribution in [0.5, 0.6) is 0 Å². The summed E-state index contributed by atoms with van der Waals surface area (Å²) in [4.78, 5) is 11.7. The highest BCUT2D eigenvalue weighted by Gasteiger charge is 2.29. The van der Waals surface area contributed by atoms with Crippen molar-refractivity contribution in [3.05, 3.63) is 30.3 Å². The number of ether oxygens (including phenoxy) is 1. The van der Waals surface area contributed by atoms with Crippen molar-refractivity contribution in [2.24, 2.45) is 0 Å². The Morgan fingerprint density at radius 1 is 1.37 bits per heavy atom. The molecule has 1 aliphatic heterocycles. The monoisotopic (exact) mass is 284 g/mol. The summed E-state index contributed by atoms with van der Waals surface area (Å²) in [5, 5.41) is 5.99. The lowest BCUT2D eigenvalue weighted by molar-refractivity contribution is -0.120. The molecule has 0 aromatic heterocycles. The summed E-state index contributed by atoms with van der Waals surface area (Å²) in [5.74, 6) is -0.00409. The molecule has 0 radical (unpaired) electrons. The van der Waals surface area contributed by atoms with Crippen LogP contribution in [-0.4, -0.2) is 31.2 Å². The van der Waals surface area contributed by atoms with Gasteiger partial charge >= 0.3 is 0 Å². The number of para-hydroxylation sites is 1. The predicted octanol–water partition coefficient (Wildman–Crippen LogP) is 2.21. The van der Waals surface area contributed by atoms with Gasteiger partial charge in [0.1, 0.15) is 0 Å². The molecule has 4 nitrogen and oxygen atoms in total. The molecule has 0 saturated carbocycles. The van der Waals surface area contributed by atoms with Crippen molar-refractivity contribution in [2.45, 2.75) is 25.4 Å². The van der Waals surface area contributed by atoms with Gasteiger partial charge in [-0.1, -0.05) is 18.2 Å². The number of rotatable bonds is 5. The van der Waals surface area contributed by atoms with E-state index >= 15 is 0 Å². The smallest absolute Gasteiger partial charge is 0.239 e. The summed E-state index contributed by atoms with van der Waals surface area (Å²) in [7, 11) is 0. The molecule has 1 aliphatic rings. The lowest BCUT2D eigenvalue weighted by Gasteiger charge is -2.23. The average molecular weight is 285 g/mol. The fourth-order valence-corrected chi connectivity index (χ4v) is 2.06. The van der Waals surface area contributed by atoms with Crippen LogP contribution in [0.1, 0.15) is 19.8 Å². The Labute approximate surface area is 120 Å². The van der Waals surface area contributed by atoms with E-state index in [2.05, 4.69) is 10.6 Å². The number of carbonyl (C=O) groups excluding carboxylic acids is 1. The maximum absolute atomic E-state index is 11.7. The second-order valence-corrected chi connectivity index (χ2v) is 4.90. The first-order chi connectivity index (χ1) is 8.68. The number of hydrogen-bond donors (Lipinski definition) is 2. The van der Waals surface area contributed by atoms with Crippen molar-refractivity contribution in [1.29, 1.82) is 0 Å². The Balaban J connectivity index is 0.00000180. The normalized spacial score (nSPS) is 21.5. The van der Waals surface area contributed by atoms with Crippen molar-refractivity contribution in [3.63, 3.8) is 0 Å². The van der Waals surface area contributed by atoms with Crippen molar-refractivity contribution in [3.8, 4) is 0 Å². The molecule has 0 spiro atoms. The summed E-state index contributed by atoms with van der Waals surface area (Å²) < 4.78 is 5.62. The second-order valence-electron chi connectivity index (χ2n) is 4.90. The Bertz CT molecular complexity index is 392. The van der Waals surface area contributed by atoms with E-state index in [0.29, 0.717) is 13.1 Å². The van der Waals surface area contributed by atoms with Crippen LogP contribution in [0, 0.1) is 0 Å². The minimum atomic E-state index is -0.178. The molecule has 1 atom stereocenters. The minimum absolute atomic E-state index is 0. The van der Waals surface area contributed by atoms with Crippen LogP contribution in [-0.2, 0) is 9.53 Å². The van der Waals surface area contributed by atoms with Gasteiger partial charge in [-0.05, 0) is 31.9 Å². The molecule has 1 saturated heterocycles. The number of halogens is 1. The van der Waals surface area contributed by atoms with Gasteiger partial charge in [-0.25, -0.2) is 0 Å². The Morgan fingerprint density at radius 3 is 2.74 bits per heavy atom. The van der Waals surface area contributed by atoms with Crippen LogP contribution in [0.4, 0.5) is 5.69 Å². The van der Waals surface area contributed by atoms with E-state index < -0.39 is 0 Å². The van der Waals surface area contributed by atoms with Gasteiger partial charge in [-0.2, -0.15) is 0 Å². The molecule has 1 aromatic rings. The highest BCUT2D eigenvalue weighted by Crippen LogP contribution is 2.23. The molecule has 1 amide bonds. The van der Waals surface area contributed by atoms with Crippen LogP contribution in [0.15, 0.2) is 30.3 Å². The number of benzene rings is 1. The van der Waals surface area contributed by atoms with E-state index in [0.717, 1.165) is 25.1 Å². The zero-order valence-corrected chi connectivity index (χ0v) is 12.0. The van der Waals surface area contributed by atoms with Gasteiger partial charge in [0.05, 0.1) is 12.1 Å². The summed E-state index contributed by atoms with van der Waals surface area (Å²) in [6, 6.07) is 9.70.